The molecule has 1 aromatic carbocycles. The molecule has 1 aromatic heterocycles. The Morgan fingerprint density at radius 3 is 2.72 bits per heavy atom. The summed E-state index contributed by atoms with van der Waals surface area (Å²) in [6.45, 7) is 2.52. The molecule has 0 spiro atoms. The van der Waals surface area contributed by atoms with Crippen molar-refractivity contribution in [3.8, 4) is 5.75 Å². The summed E-state index contributed by atoms with van der Waals surface area (Å²) < 4.78 is 8.58. The molecule has 0 unspecified atom stereocenters. The molecule has 0 aliphatic carbocycles. The number of benzene rings is 1. The monoisotopic (exact) mass is 309 g/mol. The molecule has 0 bridgehead atoms. The predicted octanol–water partition coefficient (Wildman–Crippen LogP) is 2.91. The highest BCUT2D eigenvalue weighted by atomic mass is 79.9. The Labute approximate surface area is 115 Å². The van der Waals surface area contributed by atoms with Crippen molar-refractivity contribution in [2.75, 3.05) is 5.73 Å². The number of nitrogens with zero attached hydrogens (tertiary/aromatic N) is 2. The fourth-order valence-corrected chi connectivity index (χ4v) is 2.47. The van der Waals surface area contributed by atoms with Gasteiger partial charge in [0.2, 0.25) is 0 Å². The van der Waals surface area contributed by atoms with Crippen LogP contribution in [0, 0.1) is 0 Å². The van der Waals surface area contributed by atoms with E-state index in [1.807, 2.05) is 36.0 Å². The van der Waals surface area contributed by atoms with E-state index >= 15 is 0 Å². The highest BCUT2D eigenvalue weighted by molar-refractivity contribution is 9.10. The minimum atomic E-state index is 0.443. The van der Waals surface area contributed by atoms with Gasteiger partial charge in [0.05, 0.1) is 21.5 Å². The van der Waals surface area contributed by atoms with Crippen LogP contribution in [-0.2, 0) is 20.1 Å². The molecule has 96 valence electrons. The van der Waals surface area contributed by atoms with Crippen molar-refractivity contribution in [2.45, 2.75) is 20.0 Å². The molecular weight excluding hydrogens is 294 g/mol. The van der Waals surface area contributed by atoms with Crippen molar-refractivity contribution >= 4 is 21.6 Å². The van der Waals surface area contributed by atoms with Crippen molar-refractivity contribution in [3.05, 3.63) is 40.1 Å². The first-order valence-electron chi connectivity index (χ1n) is 5.81. The number of aryl methyl sites for hydroxylation is 2. The minimum absolute atomic E-state index is 0.443. The maximum absolute atomic E-state index is 5.83. The number of hydrogen-bond acceptors (Lipinski definition) is 3. The van der Waals surface area contributed by atoms with Gasteiger partial charge in [-0.3, -0.25) is 4.68 Å². The molecule has 0 radical (unpaired) electrons. The third-order valence-electron chi connectivity index (χ3n) is 2.79. The summed E-state index contributed by atoms with van der Waals surface area (Å²) in [7, 11) is 1.91. The zero-order valence-electron chi connectivity index (χ0n) is 10.5. The second-order valence-electron chi connectivity index (χ2n) is 4.01. The highest BCUT2D eigenvalue weighted by Crippen LogP contribution is 2.25. The van der Waals surface area contributed by atoms with Gasteiger partial charge in [-0.25, -0.2) is 0 Å². The molecule has 1 heterocycles. The molecule has 0 saturated carbocycles. The van der Waals surface area contributed by atoms with E-state index in [0.717, 1.165) is 22.3 Å². The zero-order valence-corrected chi connectivity index (χ0v) is 12.1. The fraction of sp³-hybridized carbons (Fsp3) is 0.308. The van der Waals surface area contributed by atoms with Crippen LogP contribution in [0.25, 0.3) is 0 Å². The van der Waals surface area contributed by atoms with E-state index in [4.69, 9.17) is 10.5 Å². The van der Waals surface area contributed by atoms with Crippen LogP contribution in [0.15, 0.2) is 28.7 Å². The predicted molar refractivity (Wildman–Crippen MR) is 75.5 cm³/mol. The molecule has 0 amide bonds. The summed E-state index contributed by atoms with van der Waals surface area (Å²) in [4.78, 5) is 0. The Balaban J connectivity index is 2.16. The van der Waals surface area contributed by atoms with Gasteiger partial charge in [-0.2, -0.15) is 5.10 Å². The lowest BCUT2D eigenvalue weighted by atomic mass is 10.3. The molecule has 0 aliphatic heterocycles. The van der Waals surface area contributed by atoms with Gasteiger partial charge < -0.3 is 10.5 Å². The van der Waals surface area contributed by atoms with Crippen molar-refractivity contribution in [1.29, 1.82) is 0 Å². The van der Waals surface area contributed by atoms with Gasteiger partial charge in [0.25, 0.3) is 0 Å². The van der Waals surface area contributed by atoms with Crippen LogP contribution in [0.4, 0.5) is 5.69 Å². The fourth-order valence-electron chi connectivity index (χ4n) is 1.73. The summed E-state index contributed by atoms with van der Waals surface area (Å²) >= 11 is 3.56. The lowest BCUT2D eigenvalue weighted by Gasteiger charge is -2.09. The molecular formula is C13H16BrN3O. The topological polar surface area (TPSA) is 53.1 Å². The van der Waals surface area contributed by atoms with E-state index in [1.54, 1.807) is 0 Å². The molecule has 4 nitrogen and oxygen atoms in total. The summed E-state index contributed by atoms with van der Waals surface area (Å²) in [6, 6.07) is 7.48. The maximum Gasteiger partial charge on any atom is 0.142 e. The minimum Gasteiger partial charge on any atom is -0.485 e. The summed E-state index contributed by atoms with van der Waals surface area (Å²) in [6.07, 6.45) is 0.891. The van der Waals surface area contributed by atoms with Crippen molar-refractivity contribution in [1.82, 2.24) is 9.78 Å². The zero-order chi connectivity index (χ0) is 13.1. The highest BCUT2D eigenvalue weighted by Gasteiger charge is 2.13. The largest absolute Gasteiger partial charge is 0.485 e. The molecule has 2 aromatic rings. The van der Waals surface area contributed by atoms with Gasteiger partial charge in [0.1, 0.15) is 12.4 Å². The first kappa shape index (κ1) is 13.0. The van der Waals surface area contributed by atoms with Crippen molar-refractivity contribution < 1.29 is 4.74 Å². The first-order valence-corrected chi connectivity index (χ1v) is 6.60. The average molecular weight is 310 g/mol. The van der Waals surface area contributed by atoms with Crippen LogP contribution < -0.4 is 10.5 Å². The number of nitrogen functional groups attached to an aromatic ring is 1. The third-order valence-corrected chi connectivity index (χ3v) is 3.70. The number of halogens is 1. The van der Waals surface area contributed by atoms with Crippen molar-refractivity contribution in [2.24, 2.45) is 7.05 Å². The van der Waals surface area contributed by atoms with E-state index in [-0.39, 0.29) is 0 Å². The van der Waals surface area contributed by atoms with Crippen LogP contribution in [-0.4, -0.2) is 9.78 Å². The van der Waals surface area contributed by atoms with Gasteiger partial charge in [0, 0.05) is 7.05 Å². The van der Waals surface area contributed by atoms with Crippen LogP contribution in [0.3, 0.4) is 0 Å². The molecule has 2 N–H and O–H groups in total. The molecule has 5 heteroatoms. The van der Waals surface area contributed by atoms with Crippen molar-refractivity contribution in [3.63, 3.8) is 0 Å². The van der Waals surface area contributed by atoms with E-state index in [1.165, 1.54) is 0 Å². The Morgan fingerprint density at radius 2 is 2.11 bits per heavy atom. The Morgan fingerprint density at radius 1 is 1.39 bits per heavy atom. The second kappa shape index (κ2) is 5.44. The lowest BCUT2D eigenvalue weighted by molar-refractivity contribution is 0.295. The Hall–Kier alpha value is -1.49. The lowest BCUT2D eigenvalue weighted by Crippen LogP contribution is -2.04. The molecule has 2 rings (SSSR count). The molecule has 0 fully saturated rings. The number of nitrogens with two attached hydrogens (primary N) is 1. The normalized spacial score (nSPS) is 10.6. The number of hydrogen-bond donors (Lipinski definition) is 1. The quantitative estimate of drug-likeness (QED) is 0.884. The van der Waals surface area contributed by atoms with Crippen LogP contribution in [0.2, 0.25) is 0 Å². The maximum atomic E-state index is 5.83. The number of anilines is 1. The number of ether oxygens (including phenoxy) is 1. The summed E-state index contributed by atoms with van der Waals surface area (Å²) in [5, 5.41) is 4.42. The number of para-hydroxylation sites is 2. The molecule has 0 aliphatic rings. The van der Waals surface area contributed by atoms with E-state index in [0.29, 0.717) is 18.0 Å². The first-order chi connectivity index (χ1) is 8.63. The Kier molecular flexibility index (Phi) is 3.91. The van der Waals surface area contributed by atoms with Gasteiger partial charge in [-0.05, 0) is 34.5 Å². The van der Waals surface area contributed by atoms with Crippen LogP contribution >= 0.6 is 15.9 Å². The van der Waals surface area contributed by atoms with E-state index in [9.17, 15) is 0 Å². The molecule has 18 heavy (non-hydrogen) atoms. The molecule has 0 atom stereocenters. The van der Waals surface area contributed by atoms with E-state index in [2.05, 4.69) is 28.0 Å². The third kappa shape index (κ3) is 2.51. The van der Waals surface area contributed by atoms with Gasteiger partial charge in [-0.15, -0.1) is 0 Å². The summed E-state index contributed by atoms with van der Waals surface area (Å²) in [5.74, 6) is 0.698. The van der Waals surface area contributed by atoms with Gasteiger partial charge in [0.15, 0.2) is 0 Å². The SMILES string of the molecule is CCc1nn(C)c(COc2ccccc2N)c1Br. The number of aromatic nitrogens is 2. The van der Waals surface area contributed by atoms with Gasteiger partial charge in [-0.1, -0.05) is 19.1 Å². The Bertz CT molecular complexity index is 551. The summed E-state index contributed by atoms with van der Waals surface area (Å²) in [5.41, 5.74) is 8.53. The van der Waals surface area contributed by atoms with Crippen LogP contribution in [0.5, 0.6) is 5.75 Å². The van der Waals surface area contributed by atoms with E-state index < -0.39 is 0 Å². The standard InChI is InChI=1S/C13H16BrN3O/c1-3-10-13(14)11(17(2)16-10)8-18-12-7-5-4-6-9(12)15/h4-7H,3,8,15H2,1-2H3. The number of rotatable bonds is 4. The second-order valence-corrected chi connectivity index (χ2v) is 4.80. The average Bonchev–Trinajstić information content (AvgIpc) is 2.64. The smallest absolute Gasteiger partial charge is 0.142 e. The van der Waals surface area contributed by atoms with Crippen LogP contribution in [0.1, 0.15) is 18.3 Å². The van der Waals surface area contributed by atoms with Gasteiger partial charge >= 0.3 is 0 Å². The molecule has 0 saturated heterocycles.